The first-order valence-corrected chi connectivity index (χ1v) is 11.6. The summed E-state index contributed by atoms with van der Waals surface area (Å²) in [5.74, 6) is 2.30. The van der Waals surface area contributed by atoms with E-state index in [4.69, 9.17) is 9.47 Å². The van der Waals surface area contributed by atoms with Crippen molar-refractivity contribution in [1.82, 2.24) is 9.47 Å². The SMILES string of the molecule is O=c1cccc2n1CC1CC2CN(CC(O)COc2ccc(OCc3ccccc3)cc2)C1. The number of pyridine rings is 1. The molecule has 0 amide bonds. The van der Waals surface area contributed by atoms with Gasteiger partial charge in [-0.25, -0.2) is 0 Å². The van der Waals surface area contributed by atoms with Crippen molar-refractivity contribution in [2.75, 3.05) is 26.2 Å². The summed E-state index contributed by atoms with van der Waals surface area (Å²) in [6.45, 7) is 3.88. The highest BCUT2D eigenvalue weighted by molar-refractivity contribution is 5.31. The fraction of sp³-hybridized carbons (Fsp3) is 0.370. The maximum atomic E-state index is 12.2. The summed E-state index contributed by atoms with van der Waals surface area (Å²) in [6, 6.07) is 23.1. The lowest BCUT2D eigenvalue weighted by Crippen LogP contribution is -2.49. The molecular weight excluding hydrogens is 416 g/mol. The molecule has 33 heavy (non-hydrogen) atoms. The van der Waals surface area contributed by atoms with Crippen LogP contribution in [0.2, 0.25) is 0 Å². The molecule has 2 bridgehead atoms. The van der Waals surface area contributed by atoms with E-state index < -0.39 is 6.10 Å². The number of fused-ring (bicyclic) bond motifs is 4. The van der Waals surface area contributed by atoms with E-state index in [1.165, 1.54) is 0 Å². The van der Waals surface area contributed by atoms with Crippen LogP contribution in [0.4, 0.5) is 0 Å². The first-order valence-electron chi connectivity index (χ1n) is 11.6. The van der Waals surface area contributed by atoms with Crippen molar-refractivity contribution < 1.29 is 14.6 Å². The molecule has 6 heteroatoms. The Labute approximate surface area is 194 Å². The van der Waals surface area contributed by atoms with E-state index in [2.05, 4.69) is 11.0 Å². The summed E-state index contributed by atoms with van der Waals surface area (Å²) >= 11 is 0. The summed E-state index contributed by atoms with van der Waals surface area (Å²) in [4.78, 5) is 14.5. The molecule has 2 aromatic carbocycles. The second-order valence-corrected chi connectivity index (χ2v) is 9.13. The van der Waals surface area contributed by atoms with Gasteiger partial charge < -0.3 is 19.1 Å². The molecule has 0 spiro atoms. The predicted molar refractivity (Wildman–Crippen MR) is 127 cm³/mol. The molecule has 0 radical (unpaired) electrons. The number of likely N-dealkylation sites (tertiary alicyclic amines) is 1. The molecule has 172 valence electrons. The highest BCUT2D eigenvalue weighted by Crippen LogP contribution is 2.34. The molecule has 2 aliphatic heterocycles. The lowest BCUT2D eigenvalue weighted by Gasteiger charge is -2.43. The first kappa shape index (κ1) is 21.7. The number of ether oxygens (including phenoxy) is 2. The van der Waals surface area contributed by atoms with Crippen LogP contribution in [0.5, 0.6) is 11.5 Å². The minimum absolute atomic E-state index is 0.0977. The summed E-state index contributed by atoms with van der Waals surface area (Å²) in [6.07, 6.45) is 0.543. The summed E-state index contributed by atoms with van der Waals surface area (Å²) < 4.78 is 13.6. The molecule has 3 aromatic rings. The van der Waals surface area contributed by atoms with Crippen LogP contribution in [0.3, 0.4) is 0 Å². The number of benzene rings is 2. The van der Waals surface area contributed by atoms with Crippen molar-refractivity contribution in [1.29, 1.82) is 0 Å². The van der Waals surface area contributed by atoms with E-state index in [1.807, 2.05) is 65.2 Å². The molecule has 0 saturated carbocycles. The molecule has 6 nitrogen and oxygen atoms in total. The highest BCUT2D eigenvalue weighted by atomic mass is 16.5. The van der Waals surface area contributed by atoms with E-state index in [9.17, 15) is 9.90 Å². The molecule has 3 atom stereocenters. The number of β-amino-alcohol motifs (C(OH)–C–C–N with tert-alkyl or cyclic N) is 1. The molecule has 1 aromatic heterocycles. The molecule has 2 aliphatic rings. The van der Waals surface area contributed by atoms with Crippen LogP contribution < -0.4 is 15.0 Å². The van der Waals surface area contributed by atoms with Crippen molar-refractivity contribution in [2.24, 2.45) is 5.92 Å². The first-order chi connectivity index (χ1) is 16.1. The van der Waals surface area contributed by atoms with Crippen LogP contribution in [0.25, 0.3) is 0 Å². The molecule has 3 unspecified atom stereocenters. The highest BCUT2D eigenvalue weighted by Gasteiger charge is 2.34. The lowest BCUT2D eigenvalue weighted by molar-refractivity contribution is 0.0384. The van der Waals surface area contributed by atoms with E-state index >= 15 is 0 Å². The van der Waals surface area contributed by atoms with Gasteiger partial charge in [0.1, 0.15) is 30.8 Å². The van der Waals surface area contributed by atoms with Gasteiger partial charge in [-0.05, 0) is 48.2 Å². The van der Waals surface area contributed by atoms with E-state index in [0.717, 1.165) is 43.1 Å². The Balaban J connectivity index is 1.09. The largest absolute Gasteiger partial charge is 0.491 e. The van der Waals surface area contributed by atoms with E-state index in [-0.39, 0.29) is 12.2 Å². The summed E-state index contributed by atoms with van der Waals surface area (Å²) in [5, 5.41) is 10.6. The molecule has 5 rings (SSSR count). The zero-order chi connectivity index (χ0) is 22.6. The maximum Gasteiger partial charge on any atom is 0.250 e. The summed E-state index contributed by atoms with van der Waals surface area (Å²) in [5.41, 5.74) is 2.35. The Hall–Kier alpha value is -3.09. The van der Waals surface area contributed by atoms with Gasteiger partial charge in [-0.3, -0.25) is 9.69 Å². The number of hydrogen-bond donors (Lipinski definition) is 1. The normalized spacial score (nSPS) is 20.6. The Bertz CT molecular complexity index is 1110. The molecular formula is C27H30N2O4. The minimum atomic E-state index is -0.573. The van der Waals surface area contributed by atoms with Gasteiger partial charge in [0.25, 0.3) is 5.56 Å². The van der Waals surface area contributed by atoms with Crippen molar-refractivity contribution in [3.05, 3.63) is 94.4 Å². The molecule has 1 saturated heterocycles. The van der Waals surface area contributed by atoms with Crippen LogP contribution >= 0.6 is 0 Å². The molecule has 3 heterocycles. The third-order valence-electron chi connectivity index (χ3n) is 6.54. The van der Waals surface area contributed by atoms with Crippen molar-refractivity contribution in [2.45, 2.75) is 31.6 Å². The van der Waals surface area contributed by atoms with E-state index in [1.54, 1.807) is 6.07 Å². The standard InChI is InChI=1S/C27H30N2O4/c30-23(17-28-14-21-13-22(16-28)26-7-4-8-27(31)29(26)15-21)19-33-25-11-9-24(10-12-25)32-18-20-5-2-1-3-6-20/h1-12,21-23,30H,13-19H2. The van der Waals surface area contributed by atoms with Gasteiger partial charge in [-0.1, -0.05) is 36.4 Å². The Morgan fingerprint density at radius 2 is 1.64 bits per heavy atom. The average Bonchev–Trinajstić information content (AvgIpc) is 2.83. The number of rotatable bonds is 8. The quantitative estimate of drug-likeness (QED) is 0.575. The second-order valence-electron chi connectivity index (χ2n) is 9.13. The van der Waals surface area contributed by atoms with Crippen LogP contribution in [0.15, 0.2) is 77.6 Å². The zero-order valence-corrected chi connectivity index (χ0v) is 18.7. The van der Waals surface area contributed by atoms with Gasteiger partial charge in [-0.2, -0.15) is 0 Å². The summed E-state index contributed by atoms with van der Waals surface area (Å²) in [7, 11) is 0. The van der Waals surface area contributed by atoms with Gasteiger partial charge in [0, 0.05) is 43.9 Å². The van der Waals surface area contributed by atoms with Gasteiger partial charge in [0.15, 0.2) is 0 Å². The molecule has 1 fully saturated rings. The van der Waals surface area contributed by atoms with Crippen molar-refractivity contribution in [3.8, 4) is 11.5 Å². The van der Waals surface area contributed by atoms with Crippen molar-refractivity contribution >= 4 is 0 Å². The lowest BCUT2D eigenvalue weighted by atomic mass is 9.83. The van der Waals surface area contributed by atoms with Gasteiger partial charge in [0.05, 0.1) is 0 Å². The third-order valence-corrected chi connectivity index (χ3v) is 6.54. The Kier molecular flexibility index (Phi) is 6.46. The van der Waals surface area contributed by atoms with Gasteiger partial charge in [0.2, 0.25) is 0 Å². The monoisotopic (exact) mass is 446 g/mol. The fourth-order valence-corrected chi connectivity index (χ4v) is 5.06. The zero-order valence-electron chi connectivity index (χ0n) is 18.7. The maximum absolute atomic E-state index is 12.2. The number of hydrogen-bond acceptors (Lipinski definition) is 5. The van der Waals surface area contributed by atoms with Crippen molar-refractivity contribution in [3.63, 3.8) is 0 Å². The number of aliphatic hydroxyl groups is 1. The van der Waals surface area contributed by atoms with Crippen LogP contribution in [0.1, 0.15) is 23.6 Å². The topological polar surface area (TPSA) is 63.9 Å². The second kappa shape index (κ2) is 9.81. The fourth-order valence-electron chi connectivity index (χ4n) is 5.06. The number of piperidine rings is 1. The number of aliphatic hydroxyl groups excluding tert-OH is 1. The van der Waals surface area contributed by atoms with Crippen LogP contribution in [0, 0.1) is 5.92 Å². The minimum Gasteiger partial charge on any atom is -0.491 e. The Morgan fingerprint density at radius 1 is 0.879 bits per heavy atom. The van der Waals surface area contributed by atoms with Crippen LogP contribution in [-0.4, -0.2) is 46.9 Å². The third kappa shape index (κ3) is 5.29. The Morgan fingerprint density at radius 3 is 2.42 bits per heavy atom. The molecule has 1 N–H and O–H groups in total. The predicted octanol–water partition coefficient (Wildman–Crippen LogP) is 3.29. The van der Waals surface area contributed by atoms with Crippen LogP contribution in [-0.2, 0) is 13.2 Å². The average molecular weight is 447 g/mol. The number of nitrogens with zero attached hydrogens (tertiary/aromatic N) is 2. The number of aromatic nitrogens is 1. The van der Waals surface area contributed by atoms with Gasteiger partial charge in [-0.15, -0.1) is 0 Å². The molecule has 0 aliphatic carbocycles. The smallest absolute Gasteiger partial charge is 0.250 e. The van der Waals surface area contributed by atoms with Gasteiger partial charge >= 0.3 is 0 Å². The van der Waals surface area contributed by atoms with E-state index in [0.29, 0.717) is 30.7 Å².